The Morgan fingerprint density at radius 1 is 1.33 bits per heavy atom. The molecule has 2 rings (SSSR count). The third-order valence-electron chi connectivity index (χ3n) is 2.19. The average Bonchev–Trinajstić information content (AvgIpc) is 2.66. The number of halogens is 1. The third kappa shape index (κ3) is 2.40. The van der Waals surface area contributed by atoms with E-state index in [1.54, 1.807) is 4.90 Å². The van der Waals surface area contributed by atoms with Crippen LogP contribution in [0.25, 0.3) is 0 Å². The number of aromatic nitrogens is 2. The molecule has 6 nitrogen and oxygen atoms in total. The first-order valence-electron chi connectivity index (χ1n) is 4.44. The summed E-state index contributed by atoms with van der Waals surface area (Å²) in [5, 5.41) is 7.49. The van der Waals surface area contributed by atoms with Gasteiger partial charge in [-0.3, -0.25) is 0 Å². The molecule has 0 aromatic carbocycles. The van der Waals surface area contributed by atoms with E-state index < -0.39 is 9.84 Å². The summed E-state index contributed by atoms with van der Waals surface area (Å²) in [6, 6.07) is 0.348. The van der Waals surface area contributed by atoms with Crippen LogP contribution in [0.5, 0.6) is 0 Å². The molecule has 0 saturated carbocycles. The van der Waals surface area contributed by atoms with Crippen molar-refractivity contribution in [1.82, 2.24) is 10.2 Å². The fourth-order valence-corrected chi connectivity index (χ4v) is 2.64. The van der Waals surface area contributed by atoms with Gasteiger partial charge in [0.1, 0.15) is 5.88 Å². The maximum atomic E-state index is 11.2. The molecule has 84 valence electrons. The molecule has 1 aromatic rings. The Balaban J connectivity index is 2.07. The van der Waals surface area contributed by atoms with Crippen LogP contribution in [0.4, 0.5) is 6.01 Å². The summed E-state index contributed by atoms with van der Waals surface area (Å²) in [4.78, 5) is 1.75. The minimum atomic E-state index is -2.88. The quantitative estimate of drug-likeness (QED) is 0.691. The number of hydrogen-bond donors (Lipinski definition) is 0. The van der Waals surface area contributed by atoms with Gasteiger partial charge in [0.15, 0.2) is 9.84 Å². The van der Waals surface area contributed by atoms with Crippen molar-refractivity contribution in [3.05, 3.63) is 5.89 Å². The maximum absolute atomic E-state index is 11.2. The number of anilines is 1. The van der Waals surface area contributed by atoms with Crippen molar-refractivity contribution < 1.29 is 12.8 Å². The van der Waals surface area contributed by atoms with Crippen molar-refractivity contribution in [3.8, 4) is 0 Å². The SMILES string of the molecule is O=S1(=O)CCN(c2nnc(CCl)o2)CC1. The lowest BCUT2D eigenvalue weighted by molar-refractivity contribution is 0.499. The van der Waals surface area contributed by atoms with Crippen LogP contribution in [0.2, 0.25) is 0 Å². The van der Waals surface area contributed by atoms with Crippen molar-refractivity contribution in [1.29, 1.82) is 0 Å². The van der Waals surface area contributed by atoms with Crippen LogP contribution in [-0.2, 0) is 15.7 Å². The minimum Gasteiger partial charge on any atom is -0.407 e. The Hall–Kier alpha value is -0.820. The van der Waals surface area contributed by atoms with E-state index in [-0.39, 0.29) is 17.4 Å². The Morgan fingerprint density at radius 3 is 2.53 bits per heavy atom. The van der Waals surface area contributed by atoms with E-state index in [1.165, 1.54) is 0 Å². The lowest BCUT2D eigenvalue weighted by Gasteiger charge is -2.24. The van der Waals surface area contributed by atoms with Crippen molar-refractivity contribution in [2.75, 3.05) is 29.5 Å². The highest BCUT2D eigenvalue weighted by atomic mass is 35.5. The number of rotatable bonds is 2. The predicted octanol–water partition coefficient (Wildman–Crippen LogP) is 0.0432. The zero-order valence-corrected chi connectivity index (χ0v) is 9.46. The molecule has 0 atom stereocenters. The Kier molecular flexibility index (Phi) is 2.83. The lowest BCUT2D eigenvalue weighted by Crippen LogP contribution is -2.40. The van der Waals surface area contributed by atoms with Crippen LogP contribution < -0.4 is 4.90 Å². The maximum Gasteiger partial charge on any atom is 0.318 e. The Labute approximate surface area is 92.1 Å². The molecular weight excluding hydrogens is 242 g/mol. The van der Waals surface area contributed by atoms with E-state index in [2.05, 4.69) is 10.2 Å². The third-order valence-corrected chi connectivity index (χ3v) is 4.02. The van der Waals surface area contributed by atoms with Crippen molar-refractivity contribution in [2.24, 2.45) is 0 Å². The summed E-state index contributed by atoms with van der Waals surface area (Å²) in [6.07, 6.45) is 0. The minimum absolute atomic E-state index is 0.131. The molecule has 15 heavy (non-hydrogen) atoms. The second-order valence-corrected chi connectivity index (χ2v) is 5.82. The van der Waals surface area contributed by atoms with Crippen LogP contribution in [0, 0.1) is 0 Å². The molecule has 1 aromatic heterocycles. The summed E-state index contributed by atoms with van der Waals surface area (Å²) < 4.78 is 27.6. The topological polar surface area (TPSA) is 76.3 Å². The van der Waals surface area contributed by atoms with Crippen molar-refractivity contribution >= 4 is 27.5 Å². The molecule has 1 aliphatic heterocycles. The highest BCUT2D eigenvalue weighted by Crippen LogP contribution is 2.16. The van der Waals surface area contributed by atoms with E-state index in [0.29, 0.717) is 25.0 Å². The molecule has 0 bridgehead atoms. The first kappa shape index (κ1) is 10.7. The molecule has 2 heterocycles. The van der Waals surface area contributed by atoms with Gasteiger partial charge in [0.05, 0.1) is 11.5 Å². The molecule has 0 N–H and O–H groups in total. The molecule has 0 unspecified atom stereocenters. The summed E-state index contributed by atoms with van der Waals surface area (Å²) >= 11 is 5.51. The molecule has 8 heteroatoms. The average molecular weight is 252 g/mol. The highest BCUT2D eigenvalue weighted by Gasteiger charge is 2.24. The van der Waals surface area contributed by atoms with Gasteiger partial charge in [-0.1, -0.05) is 5.10 Å². The van der Waals surface area contributed by atoms with Gasteiger partial charge in [-0.2, -0.15) is 0 Å². The number of nitrogens with zero attached hydrogens (tertiary/aromatic N) is 3. The van der Waals surface area contributed by atoms with Crippen LogP contribution in [0.3, 0.4) is 0 Å². The van der Waals surface area contributed by atoms with Gasteiger partial charge in [-0.25, -0.2) is 8.42 Å². The summed E-state index contributed by atoms with van der Waals surface area (Å²) in [5.41, 5.74) is 0. The van der Waals surface area contributed by atoms with Gasteiger partial charge in [0, 0.05) is 13.1 Å². The number of hydrogen-bond acceptors (Lipinski definition) is 6. The van der Waals surface area contributed by atoms with E-state index in [0.717, 1.165) is 0 Å². The molecule has 1 saturated heterocycles. The fourth-order valence-electron chi connectivity index (χ4n) is 1.33. The van der Waals surface area contributed by atoms with Gasteiger partial charge in [0.25, 0.3) is 0 Å². The summed E-state index contributed by atoms with van der Waals surface area (Å²) in [5.74, 6) is 0.774. The van der Waals surface area contributed by atoms with Gasteiger partial charge in [-0.05, 0) is 0 Å². The predicted molar refractivity (Wildman–Crippen MR) is 54.7 cm³/mol. The molecule has 0 radical (unpaired) electrons. The monoisotopic (exact) mass is 251 g/mol. The van der Waals surface area contributed by atoms with Crippen LogP contribution in [0.1, 0.15) is 5.89 Å². The van der Waals surface area contributed by atoms with Gasteiger partial charge in [-0.15, -0.1) is 16.7 Å². The number of alkyl halides is 1. The van der Waals surface area contributed by atoms with E-state index in [4.69, 9.17) is 16.0 Å². The van der Waals surface area contributed by atoms with E-state index >= 15 is 0 Å². The van der Waals surface area contributed by atoms with E-state index in [1.807, 2.05) is 0 Å². The molecule has 1 aliphatic rings. The van der Waals surface area contributed by atoms with Crippen LogP contribution >= 0.6 is 11.6 Å². The fraction of sp³-hybridized carbons (Fsp3) is 0.714. The largest absolute Gasteiger partial charge is 0.407 e. The second-order valence-electron chi connectivity index (χ2n) is 3.25. The molecular formula is C7H10ClN3O3S. The molecule has 0 amide bonds. The molecule has 0 aliphatic carbocycles. The van der Waals surface area contributed by atoms with Crippen LogP contribution in [-0.4, -0.2) is 43.2 Å². The molecule has 1 fully saturated rings. The lowest BCUT2D eigenvalue weighted by atomic mass is 10.5. The zero-order valence-electron chi connectivity index (χ0n) is 7.89. The van der Waals surface area contributed by atoms with Gasteiger partial charge in [0.2, 0.25) is 5.89 Å². The smallest absolute Gasteiger partial charge is 0.318 e. The summed E-state index contributed by atoms with van der Waals surface area (Å²) in [7, 11) is -2.88. The van der Waals surface area contributed by atoms with Crippen molar-refractivity contribution in [3.63, 3.8) is 0 Å². The first-order chi connectivity index (χ1) is 7.11. The molecule has 0 spiro atoms. The number of sulfone groups is 1. The second kappa shape index (κ2) is 3.97. The van der Waals surface area contributed by atoms with Gasteiger partial charge < -0.3 is 9.32 Å². The zero-order chi connectivity index (χ0) is 10.9. The highest BCUT2D eigenvalue weighted by molar-refractivity contribution is 7.91. The van der Waals surface area contributed by atoms with Gasteiger partial charge >= 0.3 is 6.01 Å². The standard InChI is InChI=1S/C7H10ClN3O3S/c8-5-6-9-10-7(14-6)11-1-3-15(12,13)4-2-11/h1-5H2. The van der Waals surface area contributed by atoms with Crippen LogP contribution in [0.15, 0.2) is 4.42 Å². The Bertz CT molecular complexity index is 430. The first-order valence-corrected chi connectivity index (χ1v) is 6.80. The normalized spacial score (nSPS) is 20.5. The summed E-state index contributed by atoms with van der Waals surface area (Å²) in [6.45, 7) is 0.790. The van der Waals surface area contributed by atoms with Crippen molar-refractivity contribution in [2.45, 2.75) is 5.88 Å². The Morgan fingerprint density at radius 2 is 2.00 bits per heavy atom. The van der Waals surface area contributed by atoms with E-state index in [9.17, 15) is 8.42 Å².